The molecule has 0 saturated heterocycles. The largest absolute Gasteiger partial charge is 0.370 e. The molecule has 0 aromatic rings. The van der Waals surface area contributed by atoms with Gasteiger partial charge in [0.1, 0.15) is 0 Å². The lowest BCUT2D eigenvalue weighted by atomic mass is 9.87. The molecule has 78 valence electrons. The normalized spacial score (nSPS) is 42.2. The van der Waals surface area contributed by atoms with E-state index in [4.69, 9.17) is 5.73 Å². The van der Waals surface area contributed by atoms with Crippen molar-refractivity contribution in [1.82, 2.24) is 4.90 Å². The Morgan fingerprint density at radius 2 is 2.21 bits per heavy atom. The zero-order valence-corrected chi connectivity index (χ0v) is 8.87. The van der Waals surface area contributed by atoms with E-state index in [1.54, 1.807) is 0 Å². The molecule has 3 rings (SSSR count). The second kappa shape index (κ2) is 2.65. The second-order valence-corrected chi connectivity index (χ2v) is 5.17. The van der Waals surface area contributed by atoms with Crippen LogP contribution in [0.2, 0.25) is 0 Å². The van der Waals surface area contributed by atoms with E-state index < -0.39 is 0 Å². The van der Waals surface area contributed by atoms with E-state index in [9.17, 15) is 0 Å². The Balaban J connectivity index is 1.92. The maximum Gasteiger partial charge on any atom is 0.192 e. The van der Waals surface area contributed by atoms with Crippen LogP contribution in [0.25, 0.3) is 0 Å². The van der Waals surface area contributed by atoms with Gasteiger partial charge in [-0.25, -0.2) is 0 Å². The van der Waals surface area contributed by atoms with Crippen LogP contribution in [0.1, 0.15) is 39.0 Å². The van der Waals surface area contributed by atoms with Crippen molar-refractivity contribution in [2.75, 3.05) is 6.54 Å². The number of nitrogens with two attached hydrogens (primary N) is 1. The van der Waals surface area contributed by atoms with Crippen LogP contribution in [0.15, 0.2) is 4.99 Å². The third-order valence-corrected chi connectivity index (χ3v) is 4.32. The van der Waals surface area contributed by atoms with Crippen LogP contribution in [0.5, 0.6) is 0 Å². The molecule has 3 nitrogen and oxygen atoms in total. The molecule has 0 aromatic carbocycles. The zero-order valence-electron chi connectivity index (χ0n) is 8.87. The van der Waals surface area contributed by atoms with Crippen molar-refractivity contribution in [2.24, 2.45) is 16.6 Å². The van der Waals surface area contributed by atoms with Crippen LogP contribution in [-0.2, 0) is 0 Å². The first-order chi connectivity index (χ1) is 6.74. The highest BCUT2D eigenvalue weighted by Crippen LogP contribution is 2.47. The van der Waals surface area contributed by atoms with Crippen LogP contribution in [0.3, 0.4) is 0 Å². The van der Waals surface area contributed by atoms with Crippen molar-refractivity contribution in [1.29, 1.82) is 0 Å². The fourth-order valence-corrected chi connectivity index (χ4v) is 3.30. The highest BCUT2D eigenvalue weighted by Gasteiger charge is 2.53. The summed E-state index contributed by atoms with van der Waals surface area (Å²) < 4.78 is 0. The first-order valence-electron chi connectivity index (χ1n) is 5.83. The maximum absolute atomic E-state index is 6.01. The standard InChI is InChI=1S/C11H19N3/c1-8-3-2-6-11(8)7-13-10(12)14(11)9-4-5-9/h8-9H,2-7H2,1H3,(H2,12,13). The average Bonchev–Trinajstić information content (AvgIpc) is 2.85. The molecule has 2 aliphatic carbocycles. The van der Waals surface area contributed by atoms with Gasteiger partial charge in [0.05, 0.1) is 12.1 Å². The molecule has 3 aliphatic rings. The third-order valence-electron chi connectivity index (χ3n) is 4.32. The van der Waals surface area contributed by atoms with Gasteiger partial charge in [-0.3, -0.25) is 4.99 Å². The maximum atomic E-state index is 6.01. The fourth-order valence-electron chi connectivity index (χ4n) is 3.30. The predicted octanol–water partition coefficient (Wildman–Crippen LogP) is 1.34. The van der Waals surface area contributed by atoms with Crippen molar-refractivity contribution in [3.8, 4) is 0 Å². The van der Waals surface area contributed by atoms with Gasteiger partial charge in [0.2, 0.25) is 0 Å². The van der Waals surface area contributed by atoms with Gasteiger partial charge in [0, 0.05) is 6.04 Å². The molecule has 0 bridgehead atoms. The molecular weight excluding hydrogens is 174 g/mol. The summed E-state index contributed by atoms with van der Waals surface area (Å²) in [5.41, 5.74) is 6.34. The highest BCUT2D eigenvalue weighted by molar-refractivity contribution is 5.81. The molecule has 2 unspecified atom stereocenters. The highest BCUT2D eigenvalue weighted by atomic mass is 15.4. The molecule has 0 amide bonds. The van der Waals surface area contributed by atoms with E-state index >= 15 is 0 Å². The summed E-state index contributed by atoms with van der Waals surface area (Å²) in [6.07, 6.45) is 6.66. The number of guanidine groups is 1. The first kappa shape index (κ1) is 8.57. The van der Waals surface area contributed by atoms with E-state index in [1.165, 1.54) is 32.1 Å². The molecule has 1 spiro atoms. The van der Waals surface area contributed by atoms with Crippen LogP contribution < -0.4 is 5.73 Å². The summed E-state index contributed by atoms with van der Waals surface area (Å²) in [4.78, 5) is 6.95. The fraction of sp³-hybridized carbons (Fsp3) is 0.909. The monoisotopic (exact) mass is 193 g/mol. The first-order valence-corrected chi connectivity index (χ1v) is 5.83. The van der Waals surface area contributed by atoms with Crippen molar-refractivity contribution in [2.45, 2.75) is 50.6 Å². The number of rotatable bonds is 1. The Kier molecular flexibility index (Phi) is 1.62. The topological polar surface area (TPSA) is 41.6 Å². The molecule has 1 aliphatic heterocycles. The summed E-state index contributed by atoms with van der Waals surface area (Å²) in [5, 5.41) is 0. The van der Waals surface area contributed by atoms with E-state index in [1.807, 2.05) is 0 Å². The van der Waals surface area contributed by atoms with Gasteiger partial charge in [0.25, 0.3) is 0 Å². The molecule has 2 fully saturated rings. The Morgan fingerprint density at radius 3 is 2.79 bits per heavy atom. The third kappa shape index (κ3) is 0.956. The van der Waals surface area contributed by atoms with Crippen LogP contribution in [0, 0.1) is 5.92 Å². The van der Waals surface area contributed by atoms with E-state index in [-0.39, 0.29) is 0 Å². The Hall–Kier alpha value is -0.730. The van der Waals surface area contributed by atoms with Gasteiger partial charge < -0.3 is 10.6 Å². The summed E-state index contributed by atoms with van der Waals surface area (Å²) in [7, 11) is 0. The average molecular weight is 193 g/mol. The van der Waals surface area contributed by atoms with Crippen molar-refractivity contribution >= 4 is 5.96 Å². The molecular formula is C11H19N3. The van der Waals surface area contributed by atoms with Crippen molar-refractivity contribution < 1.29 is 0 Å². The van der Waals surface area contributed by atoms with Crippen LogP contribution in [0.4, 0.5) is 0 Å². The van der Waals surface area contributed by atoms with Crippen LogP contribution in [-0.4, -0.2) is 29.0 Å². The lowest BCUT2D eigenvalue weighted by Crippen LogP contribution is -2.54. The number of hydrogen-bond acceptors (Lipinski definition) is 3. The van der Waals surface area contributed by atoms with Crippen molar-refractivity contribution in [3.05, 3.63) is 0 Å². The Labute approximate surface area is 85.4 Å². The molecule has 3 heteroatoms. The molecule has 0 radical (unpaired) electrons. The number of nitrogens with zero attached hydrogens (tertiary/aromatic N) is 2. The van der Waals surface area contributed by atoms with E-state index in [0.29, 0.717) is 5.54 Å². The van der Waals surface area contributed by atoms with Gasteiger partial charge in [-0.1, -0.05) is 13.3 Å². The minimum atomic E-state index is 0.325. The summed E-state index contributed by atoms with van der Waals surface area (Å²) in [6.45, 7) is 3.33. The molecule has 1 heterocycles. The lowest BCUT2D eigenvalue weighted by molar-refractivity contribution is 0.149. The summed E-state index contributed by atoms with van der Waals surface area (Å²) in [6, 6.07) is 0.724. The molecule has 0 aromatic heterocycles. The van der Waals surface area contributed by atoms with E-state index in [2.05, 4.69) is 16.8 Å². The number of hydrogen-bond donors (Lipinski definition) is 1. The Morgan fingerprint density at radius 1 is 1.43 bits per heavy atom. The lowest BCUT2D eigenvalue weighted by Gasteiger charge is -2.40. The van der Waals surface area contributed by atoms with Gasteiger partial charge in [-0.05, 0) is 31.6 Å². The smallest absolute Gasteiger partial charge is 0.192 e. The van der Waals surface area contributed by atoms with Gasteiger partial charge in [-0.2, -0.15) is 0 Å². The van der Waals surface area contributed by atoms with Crippen LogP contribution >= 0.6 is 0 Å². The molecule has 2 N–H and O–H groups in total. The predicted molar refractivity (Wildman–Crippen MR) is 57.1 cm³/mol. The summed E-state index contributed by atoms with van der Waals surface area (Å²) in [5.74, 6) is 1.59. The zero-order chi connectivity index (χ0) is 9.76. The van der Waals surface area contributed by atoms with Crippen molar-refractivity contribution in [3.63, 3.8) is 0 Å². The van der Waals surface area contributed by atoms with Gasteiger partial charge in [0.15, 0.2) is 5.96 Å². The summed E-state index contributed by atoms with van der Waals surface area (Å²) >= 11 is 0. The quantitative estimate of drug-likeness (QED) is 0.682. The molecule has 2 atom stereocenters. The minimum absolute atomic E-state index is 0.325. The molecule has 14 heavy (non-hydrogen) atoms. The minimum Gasteiger partial charge on any atom is -0.370 e. The van der Waals surface area contributed by atoms with Gasteiger partial charge in [-0.15, -0.1) is 0 Å². The second-order valence-electron chi connectivity index (χ2n) is 5.17. The number of aliphatic imine (C=N–C) groups is 1. The van der Waals surface area contributed by atoms with Gasteiger partial charge >= 0.3 is 0 Å². The Bertz CT molecular complexity index is 282. The molecule has 2 saturated carbocycles. The SMILES string of the molecule is CC1CCCC12CN=C(N)N2C1CC1. The van der Waals surface area contributed by atoms with E-state index in [0.717, 1.165) is 24.5 Å².